The van der Waals surface area contributed by atoms with Crippen LogP contribution in [0.3, 0.4) is 0 Å². The van der Waals surface area contributed by atoms with Crippen LogP contribution in [-0.2, 0) is 31.1 Å². The Morgan fingerprint density at radius 2 is 1.81 bits per heavy atom. The number of methoxy groups -OCH3 is 1. The number of ketones is 1. The number of esters is 1. The van der Waals surface area contributed by atoms with Crippen molar-refractivity contribution in [3.05, 3.63) is 61.1 Å². The Labute approximate surface area is 255 Å². The summed E-state index contributed by atoms with van der Waals surface area (Å²) in [4.78, 5) is 55.5. The summed E-state index contributed by atoms with van der Waals surface area (Å²) in [5.74, 6) is -0.166. The maximum absolute atomic E-state index is 14.4. The molecule has 1 aliphatic rings. The predicted molar refractivity (Wildman–Crippen MR) is 165 cm³/mol. The Morgan fingerprint density at radius 3 is 2.44 bits per heavy atom. The molecule has 3 heterocycles. The summed E-state index contributed by atoms with van der Waals surface area (Å²) in [6, 6.07) is 7.45. The van der Waals surface area contributed by atoms with Crippen LogP contribution in [-0.4, -0.2) is 53.9 Å². The zero-order valence-corrected chi connectivity index (χ0v) is 26.9. The SMILES string of the molecule is CCOC(=O)c1sc2c(c1C)c(=O)n(C(C)(C)C(=O)CC(C)C)c(=O)n2C[C@H](OC1CCOCC1)c1ccccc1OC. The molecule has 0 unspecified atom stereocenters. The number of para-hydroxylation sites is 1. The lowest BCUT2D eigenvalue weighted by Crippen LogP contribution is -2.53. The van der Waals surface area contributed by atoms with E-state index < -0.39 is 28.9 Å². The average molecular weight is 615 g/mol. The fourth-order valence-corrected chi connectivity index (χ4v) is 6.69. The molecule has 234 valence electrons. The number of thiophene rings is 1. The molecule has 3 aromatic rings. The minimum atomic E-state index is -1.44. The van der Waals surface area contributed by atoms with Crippen molar-refractivity contribution < 1.29 is 28.5 Å². The number of hydrogen-bond acceptors (Lipinski definition) is 9. The minimum Gasteiger partial charge on any atom is -0.496 e. The van der Waals surface area contributed by atoms with E-state index in [2.05, 4.69) is 0 Å². The minimum absolute atomic E-state index is 0.0179. The van der Waals surface area contributed by atoms with Gasteiger partial charge in [0.2, 0.25) is 0 Å². The number of nitrogens with zero attached hydrogens (tertiary/aromatic N) is 2. The van der Waals surface area contributed by atoms with Gasteiger partial charge in [-0.2, -0.15) is 0 Å². The van der Waals surface area contributed by atoms with Gasteiger partial charge in [-0.05, 0) is 58.1 Å². The van der Waals surface area contributed by atoms with Crippen molar-refractivity contribution in [2.24, 2.45) is 5.92 Å². The van der Waals surface area contributed by atoms with E-state index >= 15 is 0 Å². The van der Waals surface area contributed by atoms with E-state index in [1.807, 2.05) is 38.1 Å². The number of ether oxygens (including phenoxy) is 4. The van der Waals surface area contributed by atoms with Crippen molar-refractivity contribution in [1.82, 2.24) is 9.13 Å². The molecule has 43 heavy (non-hydrogen) atoms. The monoisotopic (exact) mass is 614 g/mol. The molecule has 1 fully saturated rings. The van der Waals surface area contributed by atoms with Crippen LogP contribution in [0.5, 0.6) is 5.75 Å². The van der Waals surface area contributed by atoms with E-state index in [4.69, 9.17) is 18.9 Å². The normalized spacial score (nSPS) is 15.2. The van der Waals surface area contributed by atoms with E-state index in [1.165, 1.54) is 4.57 Å². The first-order chi connectivity index (χ1) is 20.4. The van der Waals surface area contributed by atoms with Crippen molar-refractivity contribution in [1.29, 1.82) is 0 Å². The Bertz CT molecular complexity index is 1590. The molecule has 0 spiro atoms. The molecule has 0 saturated carbocycles. The zero-order valence-electron chi connectivity index (χ0n) is 26.1. The maximum Gasteiger partial charge on any atom is 0.348 e. The largest absolute Gasteiger partial charge is 0.496 e. The summed E-state index contributed by atoms with van der Waals surface area (Å²) < 4.78 is 25.6. The number of aromatic nitrogens is 2. The number of carbonyl (C=O) groups is 2. The van der Waals surface area contributed by atoms with Crippen LogP contribution >= 0.6 is 11.3 Å². The van der Waals surface area contributed by atoms with Gasteiger partial charge in [-0.1, -0.05) is 32.0 Å². The van der Waals surface area contributed by atoms with Gasteiger partial charge in [-0.15, -0.1) is 11.3 Å². The highest BCUT2D eigenvalue weighted by atomic mass is 32.1. The van der Waals surface area contributed by atoms with Crippen LogP contribution in [0.1, 0.15) is 80.8 Å². The second-order valence-corrected chi connectivity index (χ2v) is 12.7. The van der Waals surface area contributed by atoms with Crippen LogP contribution in [0, 0.1) is 12.8 Å². The van der Waals surface area contributed by atoms with Gasteiger partial charge < -0.3 is 18.9 Å². The number of Topliss-reactive ketones (excluding diaryl/α,β-unsaturated/α-hetero) is 1. The first-order valence-electron chi connectivity index (χ1n) is 14.8. The molecule has 11 heteroatoms. The highest BCUT2D eigenvalue weighted by molar-refractivity contribution is 7.20. The number of rotatable bonds is 12. The molecule has 0 radical (unpaired) electrons. The van der Waals surface area contributed by atoms with Crippen LogP contribution in [0.2, 0.25) is 0 Å². The van der Waals surface area contributed by atoms with Gasteiger partial charge in [-0.3, -0.25) is 14.2 Å². The maximum atomic E-state index is 14.4. The van der Waals surface area contributed by atoms with Gasteiger partial charge in [0.05, 0.1) is 31.8 Å². The van der Waals surface area contributed by atoms with E-state index in [0.29, 0.717) is 42.2 Å². The van der Waals surface area contributed by atoms with Gasteiger partial charge >= 0.3 is 11.7 Å². The van der Waals surface area contributed by atoms with Gasteiger partial charge in [-0.25, -0.2) is 14.2 Å². The molecule has 1 aromatic carbocycles. The standard InChI is InChI=1S/C32H42N2O8S/c1-8-41-30(37)27-20(4)26-28(36)34(32(5,6)25(35)17-19(2)3)31(38)33(29(26)43-27)18-24(42-21-13-15-40-16-14-21)22-11-9-10-12-23(22)39-7/h9-12,19,21,24H,8,13-18H2,1-7H3/t24-/m0/s1. The third-order valence-electron chi connectivity index (χ3n) is 7.87. The summed E-state index contributed by atoms with van der Waals surface area (Å²) in [6.45, 7) is 11.7. The zero-order chi connectivity index (χ0) is 31.5. The van der Waals surface area contributed by atoms with Gasteiger partial charge in [0.15, 0.2) is 5.78 Å². The lowest BCUT2D eigenvalue weighted by atomic mass is 9.91. The Balaban J connectivity index is 1.99. The molecule has 1 saturated heterocycles. The Kier molecular flexibility index (Phi) is 10.3. The molecule has 0 N–H and O–H groups in total. The van der Waals surface area contributed by atoms with Crippen molar-refractivity contribution in [3.8, 4) is 5.75 Å². The molecule has 1 atom stereocenters. The summed E-state index contributed by atoms with van der Waals surface area (Å²) in [5, 5.41) is 0.211. The van der Waals surface area contributed by atoms with Crippen molar-refractivity contribution in [3.63, 3.8) is 0 Å². The average Bonchev–Trinajstić information content (AvgIpc) is 3.32. The van der Waals surface area contributed by atoms with Gasteiger partial charge in [0, 0.05) is 25.2 Å². The van der Waals surface area contributed by atoms with E-state index in [9.17, 15) is 19.2 Å². The van der Waals surface area contributed by atoms with Gasteiger partial charge in [0.1, 0.15) is 27.1 Å². The smallest absolute Gasteiger partial charge is 0.348 e. The lowest BCUT2D eigenvalue weighted by molar-refractivity contribution is -0.127. The summed E-state index contributed by atoms with van der Waals surface area (Å²) in [7, 11) is 1.58. The van der Waals surface area contributed by atoms with Crippen molar-refractivity contribution in [2.45, 2.75) is 85.1 Å². The van der Waals surface area contributed by atoms with Crippen LogP contribution in [0.15, 0.2) is 33.9 Å². The molecule has 0 amide bonds. The highest BCUT2D eigenvalue weighted by Gasteiger charge is 2.36. The number of fused-ring (bicyclic) bond motifs is 1. The fourth-order valence-electron chi connectivity index (χ4n) is 5.49. The summed E-state index contributed by atoms with van der Waals surface area (Å²) >= 11 is 1.04. The molecule has 4 rings (SSSR count). The fraction of sp³-hybridized carbons (Fsp3) is 0.562. The lowest BCUT2D eigenvalue weighted by Gasteiger charge is -2.30. The van der Waals surface area contributed by atoms with Crippen molar-refractivity contribution >= 4 is 33.3 Å². The Hall–Kier alpha value is -3.28. The molecular formula is C32H42N2O8S. The van der Waals surface area contributed by atoms with Crippen molar-refractivity contribution in [2.75, 3.05) is 26.9 Å². The second kappa shape index (κ2) is 13.6. The summed E-state index contributed by atoms with van der Waals surface area (Å²) in [6.07, 6.45) is 0.817. The van der Waals surface area contributed by atoms with Crippen LogP contribution < -0.4 is 16.0 Å². The second-order valence-electron chi connectivity index (χ2n) is 11.7. The molecule has 10 nitrogen and oxygen atoms in total. The molecule has 2 aromatic heterocycles. The van der Waals surface area contributed by atoms with E-state index in [1.54, 1.807) is 34.8 Å². The number of carbonyl (C=O) groups excluding carboxylic acids is 2. The quantitative estimate of drug-likeness (QED) is 0.262. The first kappa shape index (κ1) is 32.6. The molecule has 0 bridgehead atoms. The molecule has 1 aliphatic heterocycles. The number of benzene rings is 1. The number of aryl methyl sites for hydroxylation is 1. The van der Waals surface area contributed by atoms with E-state index in [0.717, 1.165) is 21.5 Å². The summed E-state index contributed by atoms with van der Waals surface area (Å²) in [5.41, 5.74) is -1.54. The third-order valence-corrected chi connectivity index (χ3v) is 9.16. The Morgan fingerprint density at radius 1 is 1.14 bits per heavy atom. The van der Waals surface area contributed by atoms with Gasteiger partial charge in [0.25, 0.3) is 5.56 Å². The molecule has 0 aliphatic carbocycles. The topological polar surface area (TPSA) is 115 Å². The number of hydrogen-bond donors (Lipinski definition) is 0. The van der Waals surface area contributed by atoms with E-state index in [-0.39, 0.29) is 47.6 Å². The highest BCUT2D eigenvalue weighted by Crippen LogP contribution is 2.34. The predicted octanol–water partition coefficient (Wildman–Crippen LogP) is 5.01. The van der Waals surface area contributed by atoms with Crippen LogP contribution in [0.4, 0.5) is 0 Å². The molecular weight excluding hydrogens is 572 g/mol. The third kappa shape index (κ3) is 6.63. The van der Waals surface area contributed by atoms with Crippen LogP contribution in [0.25, 0.3) is 10.2 Å². The first-order valence-corrected chi connectivity index (χ1v) is 15.6.